The van der Waals surface area contributed by atoms with E-state index in [1.54, 1.807) is 0 Å². The fraction of sp³-hybridized carbons (Fsp3) is 0.478. The minimum Gasteiger partial charge on any atom is -0.354 e. The van der Waals surface area contributed by atoms with Crippen LogP contribution in [0.5, 0.6) is 0 Å². The zero-order valence-electron chi connectivity index (χ0n) is 17.6. The fourth-order valence-electron chi connectivity index (χ4n) is 4.48. The number of carbonyl (C=O) groups is 1. The standard InChI is InChI=1S/C23H27F3N4O/c1-28(20-8-4-6-17-5-2-3-7-19(17)20)22(31)16-29-11-13-30(14-12-29)21-10-9-18(15-27-21)23(24,25)26/h2-3,5,7,9-10,15,20H,4,6,8,11-14,16H2,1H3. The van der Waals surface area contributed by atoms with Crippen LogP contribution >= 0.6 is 0 Å². The molecule has 0 saturated carbocycles. The van der Waals surface area contributed by atoms with E-state index in [1.807, 2.05) is 29.0 Å². The van der Waals surface area contributed by atoms with Gasteiger partial charge in [-0.05, 0) is 42.5 Å². The summed E-state index contributed by atoms with van der Waals surface area (Å²) in [4.78, 5) is 22.9. The lowest BCUT2D eigenvalue weighted by atomic mass is 9.87. The number of anilines is 1. The van der Waals surface area contributed by atoms with Crippen LogP contribution in [0.15, 0.2) is 42.6 Å². The number of likely N-dealkylation sites (N-methyl/N-ethyl adjacent to an activating group) is 1. The Morgan fingerprint density at radius 3 is 2.55 bits per heavy atom. The van der Waals surface area contributed by atoms with E-state index < -0.39 is 11.7 Å². The largest absolute Gasteiger partial charge is 0.417 e. The van der Waals surface area contributed by atoms with Crippen molar-refractivity contribution >= 4 is 11.7 Å². The predicted molar refractivity (Wildman–Crippen MR) is 113 cm³/mol. The van der Waals surface area contributed by atoms with Gasteiger partial charge in [0.25, 0.3) is 0 Å². The van der Waals surface area contributed by atoms with Crippen molar-refractivity contribution in [2.24, 2.45) is 0 Å². The van der Waals surface area contributed by atoms with Crippen LogP contribution < -0.4 is 4.90 Å². The third kappa shape index (κ3) is 4.84. The second kappa shape index (κ2) is 8.86. The first-order valence-electron chi connectivity index (χ1n) is 10.7. The first kappa shape index (κ1) is 21.6. The van der Waals surface area contributed by atoms with Gasteiger partial charge in [0.05, 0.1) is 18.2 Å². The number of benzene rings is 1. The fourth-order valence-corrected chi connectivity index (χ4v) is 4.48. The second-order valence-corrected chi connectivity index (χ2v) is 8.28. The average Bonchev–Trinajstić information content (AvgIpc) is 2.78. The molecule has 31 heavy (non-hydrogen) atoms. The number of nitrogens with zero attached hydrogens (tertiary/aromatic N) is 4. The van der Waals surface area contributed by atoms with Crippen molar-refractivity contribution in [2.45, 2.75) is 31.5 Å². The second-order valence-electron chi connectivity index (χ2n) is 8.28. The molecule has 8 heteroatoms. The maximum Gasteiger partial charge on any atom is 0.417 e. The van der Waals surface area contributed by atoms with E-state index in [4.69, 9.17) is 0 Å². The number of fused-ring (bicyclic) bond motifs is 1. The van der Waals surface area contributed by atoms with Crippen LogP contribution in [-0.4, -0.2) is 60.5 Å². The van der Waals surface area contributed by atoms with E-state index in [0.29, 0.717) is 38.5 Å². The molecule has 2 aromatic rings. The lowest BCUT2D eigenvalue weighted by Crippen LogP contribution is -2.50. The van der Waals surface area contributed by atoms with E-state index in [9.17, 15) is 18.0 Å². The molecule has 166 valence electrons. The zero-order valence-corrected chi connectivity index (χ0v) is 17.6. The summed E-state index contributed by atoms with van der Waals surface area (Å²) in [6.07, 6.45) is -0.378. The van der Waals surface area contributed by atoms with Gasteiger partial charge < -0.3 is 9.80 Å². The molecule has 5 nitrogen and oxygen atoms in total. The molecule has 0 N–H and O–H groups in total. The number of aryl methyl sites for hydroxylation is 1. The molecule has 1 unspecified atom stereocenters. The monoisotopic (exact) mass is 432 g/mol. The Hall–Kier alpha value is -2.61. The minimum atomic E-state index is -4.38. The Morgan fingerprint density at radius 1 is 1.13 bits per heavy atom. The van der Waals surface area contributed by atoms with Gasteiger partial charge in [-0.25, -0.2) is 4.98 Å². The SMILES string of the molecule is CN(C(=O)CN1CCN(c2ccc(C(F)(F)F)cn2)CC1)C1CCCc2ccccc21. The predicted octanol–water partition coefficient (Wildman–Crippen LogP) is 3.76. The van der Waals surface area contributed by atoms with Crippen molar-refractivity contribution in [1.82, 2.24) is 14.8 Å². The quantitative estimate of drug-likeness (QED) is 0.738. The molecule has 1 aliphatic heterocycles. The van der Waals surface area contributed by atoms with Crippen LogP contribution in [0.1, 0.15) is 35.6 Å². The van der Waals surface area contributed by atoms with Crippen LogP contribution in [0, 0.1) is 0 Å². The molecule has 4 rings (SSSR count). The van der Waals surface area contributed by atoms with Crippen molar-refractivity contribution in [3.05, 3.63) is 59.3 Å². The van der Waals surface area contributed by atoms with Crippen molar-refractivity contribution in [2.75, 3.05) is 44.7 Å². The Labute approximate surface area is 180 Å². The summed E-state index contributed by atoms with van der Waals surface area (Å²) in [7, 11) is 1.89. The molecule has 0 radical (unpaired) electrons. The number of pyridine rings is 1. The summed E-state index contributed by atoms with van der Waals surface area (Å²) < 4.78 is 38.2. The molecule has 1 amide bonds. The van der Waals surface area contributed by atoms with E-state index >= 15 is 0 Å². The summed E-state index contributed by atoms with van der Waals surface area (Å²) in [6, 6.07) is 11.0. The highest BCUT2D eigenvalue weighted by molar-refractivity contribution is 5.78. The molecule has 1 saturated heterocycles. The third-order valence-electron chi connectivity index (χ3n) is 6.33. The van der Waals surface area contributed by atoms with E-state index in [0.717, 1.165) is 31.5 Å². The minimum absolute atomic E-state index is 0.0998. The van der Waals surface area contributed by atoms with Gasteiger partial charge in [0.1, 0.15) is 5.82 Å². The summed E-state index contributed by atoms with van der Waals surface area (Å²) in [6.45, 7) is 2.94. The smallest absolute Gasteiger partial charge is 0.354 e. The topological polar surface area (TPSA) is 39.7 Å². The van der Waals surface area contributed by atoms with Crippen LogP contribution in [0.4, 0.5) is 19.0 Å². The van der Waals surface area contributed by atoms with E-state index in [-0.39, 0.29) is 11.9 Å². The highest BCUT2D eigenvalue weighted by Crippen LogP contribution is 2.33. The maximum atomic E-state index is 13.0. The highest BCUT2D eigenvalue weighted by atomic mass is 19.4. The number of hydrogen-bond acceptors (Lipinski definition) is 4. The number of aromatic nitrogens is 1. The van der Waals surface area contributed by atoms with E-state index in [2.05, 4.69) is 22.0 Å². The molecule has 0 bridgehead atoms. The Morgan fingerprint density at radius 2 is 1.87 bits per heavy atom. The third-order valence-corrected chi connectivity index (χ3v) is 6.33. The van der Waals surface area contributed by atoms with Gasteiger partial charge in [-0.15, -0.1) is 0 Å². The van der Waals surface area contributed by atoms with Crippen molar-refractivity contribution in [3.8, 4) is 0 Å². The van der Waals surface area contributed by atoms with Crippen LogP contribution in [0.25, 0.3) is 0 Å². The summed E-state index contributed by atoms with van der Waals surface area (Å²) in [5.74, 6) is 0.637. The highest BCUT2D eigenvalue weighted by Gasteiger charge is 2.31. The number of halogens is 3. The van der Waals surface area contributed by atoms with Crippen molar-refractivity contribution in [1.29, 1.82) is 0 Å². The average molecular weight is 432 g/mol. The summed E-state index contributed by atoms with van der Waals surface area (Å²) in [5.41, 5.74) is 1.84. The Balaban J connectivity index is 1.31. The molecular weight excluding hydrogens is 405 g/mol. The number of alkyl halides is 3. The van der Waals surface area contributed by atoms with Crippen LogP contribution in [0.2, 0.25) is 0 Å². The van der Waals surface area contributed by atoms with Gasteiger partial charge in [-0.1, -0.05) is 24.3 Å². The maximum absolute atomic E-state index is 13.0. The number of hydrogen-bond donors (Lipinski definition) is 0. The van der Waals surface area contributed by atoms with E-state index in [1.165, 1.54) is 17.2 Å². The van der Waals surface area contributed by atoms with Gasteiger partial charge >= 0.3 is 6.18 Å². The van der Waals surface area contributed by atoms with Gasteiger partial charge in [-0.3, -0.25) is 9.69 Å². The molecule has 2 aliphatic rings. The molecular formula is C23H27F3N4O. The number of carbonyl (C=O) groups excluding carboxylic acids is 1. The van der Waals surface area contributed by atoms with Gasteiger partial charge in [0, 0.05) is 39.4 Å². The molecule has 1 fully saturated rings. The lowest BCUT2D eigenvalue weighted by Gasteiger charge is -2.37. The van der Waals surface area contributed by atoms with Crippen molar-refractivity contribution < 1.29 is 18.0 Å². The van der Waals surface area contributed by atoms with Gasteiger partial charge in [0.2, 0.25) is 5.91 Å². The Bertz CT molecular complexity index is 908. The Kier molecular flexibility index (Phi) is 6.18. The summed E-state index contributed by atoms with van der Waals surface area (Å²) in [5, 5.41) is 0. The summed E-state index contributed by atoms with van der Waals surface area (Å²) >= 11 is 0. The number of amides is 1. The van der Waals surface area contributed by atoms with Gasteiger partial charge in [0.15, 0.2) is 0 Å². The lowest BCUT2D eigenvalue weighted by molar-refractivity contribution is -0.137. The molecule has 2 heterocycles. The normalized spacial score (nSPS) is 19.7. The first-order chi connectivity index (χ1) is 14.8. The molecule has 1 atom stereocenters. The number of piperazine rings is 1. The zero-order chi connectivity index (χ0) is 22.0. The molecule has 0 spiro atoms. The van der Waals surface area contributed by atoms with Crippen LogP contribution in [0.3, 0.4) is 0 Å². The van der Waals surface area contributed by atoms with Crippen molar-refractivity contribution in [3.63, 3.8) is 0 Å². The van der Waals surface area contributed by atoms with Crippen LogP contribution in [-0.2, 0) is 17.4 Å². The molecule has 1 aliphatic carbocycles. The number of rotatable bonds is 4. The molecule has 1 aromatic carbocycles. The van der Waals surface area contributed by atoms with Gasteiger partial charge in [-0.2, -0.15) is 13.2 Å². The first-order valence-corrected chi connectivity index (χ1v) is 10.7. The molecule has 1 aromatic heterocycles.